The fourth-order valence-corrected chi connectivity index (χ4v) is 6.41. The average Bonchev–Trinajstić information content (AvgIpc) is 3.35. The van der Waals surface area contributed by atoms with Crippen molar-refractivity contribution < 1.29 is 0 Å². The van der Waals surface area contributed by atoms with Gasteiger partial charge in [0.1, 0.15) is 5.01 Å². The number of fused-ring (bicyclic) bond motifs is 2. The molecule has 0 amide bonds. The third kappa shape index (κ3) is 4.80. The largest absolute Gasteiger partial charge is 0.398 e. The summed E-state index contributed by atoms with van der Waals surface area (Å²) in [5.41, 5.74) is 16.8. The van der Waals surface area contributed by atoms with Crippen LogP contribution in [-0.4, -0.2) is 4.98 Å². The molecule has 0 atom stereocenters. The third-order valence-electron chi connectivity index (χ3n) is 7.76. The van der Waals surface area contributed by atoms with Crippen molar-refractivity contribution in [2.45, 2.75) is 52.4 Å². The van der Waals surface area contributed by atoms with E-state index in [9.17, 15) is 0 Å². The molecule has 0 radical (unpaired) electrons. The van der Waals surface area contributed by atoms with E-state index in [1.807, 2.05) is 18.2 Å². The zero-order valence-corrected chi connectivity index (χ0v) is 25.0. The Morgan fingerprint density at radius 3 is 1.90 bits per heavy atom. The van der Waals surface area contributed by atoms with Crippen LogP contribution in [0.15, 0.2) is 97.1 Å². The van der Waals surface area contributed by atoms with Crippen molar-refractivity contribution in [1.29, 1.82) is 0 Å². The lowest BCUT2D eigenvalue weighted by Gasteiger charge is -2.26. The molecule has 0 saturated heterocycles. The van der Waals surface area contributed by atoms with Gasteiger partial charge in [0.2, 0.25) is 0 Å². The molecule has 0 aliphatic rings. The van der Waals surface area contributed by atoms with E-state index in [2.05, 4.69) is 120 Å². The normalized spacial score (nSPS) is 12.3. The Morgan fingerprint density at radius 2 is 1.20 bits per heavy atom. The van der Waals surface area contributed by atoms with Gasteiger partial charge >= 0.3 is 0 Å². The van der Waals surface area contributed by atoms with Gasteiger partial charge in [-0.3, -0.25) is 0 Å². The number of para-hydroxylation sites is 1. The number of nitrogen functional groups attached to an aromatic ring is 1. The molecule has 0 bridgehead atoms. The molecule has 0 spiro atoms. The van der Waals surface area contributed by atoms with Crippen molar-refractivity contribution >= 4 is 38.0 Å². The van der Waals surface area contributed by atoms with E-state index in [4.69, 9.17) is 10.7 Å². The van der Waals surface area contributed by atoms with Crippen LogP contribution >= 0.6 is 11.3 Å². The van der Waals surface area contributed by atoms with Gasteiger partial charge in [-0.25, -0.2) is 4.98 Å². The molecular formula is C37H36N2S. The fraction of sp³-hybridized carbons (Fsp3) is 0.216. The number of aromatic nitrogens is 1. The smallest absolute Gasteiger partial charge is 0.126 e. The molecule has 1 aromatic heterocycles. The molecule has 3 heteroatoms. The number of hydrogen-bond donors (Lipinski definition) is 1. The molecule has 0 aliphatic carbocycles. The first kappa shape index (κ1) is 26.3. The molecule has 5 aromatic carbocycles. The Balaban J connectivity index is 1.67. The molecule has 2 N–H and O–H groups in total. The predicted molar refractivity (Wildman–Crippen MR) is 175 cm³/mol. The monoisotopic (exact) mass is 540 g/mol. The number of nitrogens with zero attached hydrogens (tertiary/aromatic N) is 1. The minimum atomic E-state index is 0.0427. The lowest BCUT2D eigenvalue weighted by atomic mass is 9.78. The second-order valence-corrected chi connectivity index (χ2v) is 13.8. The SMILES string of the molecule is CC(C)(C)c1cc(-c2cc(-c3cccc4ccccc34)c3nc(-c4ccccc4N)sc3c2)cc(C(C)(C)C)c1. The lowest BCUT2D eigenvalue weighted by molar-refractivity contribution is 0.569. The van der Waals surface area contributed by atoms with Crippen molar-refractivity contribution in [3.8, 4) is 32.8 Å². The van der Waals surface area contributed by atoms with Crippen molar-refractivity contribution in [3.05, 3.63) is 108 Å². The molecule has 200 valence electrons. The molecule has 0 aliphatic heterocycles. The molecule has 0 unspecified atom stereocenters. The molecule has 0 fully saturated rings. The van der Waals surface area contributed by atoms with Crippen molar-refractivity contribution in [2.75, 3.05) is 5.73 Å². The Bertz CT molecular complexity index is 1840. The Labute approximate surface area is 241 Å². The van der Waals surface area contributed by atoms with Crippen LogP contribution in [0.1, 0.15) is 52.7 Å². The molecule has 1 heterocycles. The lowest BCUT2D eigenvalue weighted by Crippen LogP contribution is -2.16. The molecular weight excluding hydrogens is 504 g/mol. The van der Waals surface area contributed by atoms with Gasteiger partial charge in [-0.1, -0.05) is 114 Å². The number of hydrogen-bond acceptors (Lipinski definition) is 3. The maximum atomic E-state index is 6.40. The second kappa shape index (κ2) is 9.60. The van der Waals surface area contributed by atoms with Crippen LogP contribution < -0.4 is 5.73 Å². The van der Waals surface area contributed by atoms with Crippen LogP contribution in [0.25, 0.3) is 53.8 Å². The fourth-order valence-electron chi connectivity index (χ4n) is 5.33. The first-order valence-corrected chi connectivity index (χ1v) is 14.7. The highest BCUT2D eigenvalue weighted by Gasteiger charge is 2.22. The van der Waals surface area contributed by atoms with Crippen LogP contribution in [0.5, 0.6) is 0 Å². The summed E-state index contributed by atoms with van der Waals surface area (Å²) in [6, 6.07) is 35.0. The maximum absolute atomic E-state index is 6.40. The van der Waals surface area contributed by atoms with Crippen LogP contribution in [-0.2, 0) is 10.8 Å². The van der Waals surface area contributed by atoms with Gasteiger partial charge in [0, 0.05) is 16.8 Å². The van der Waals surface area contributed by atoms with Gasteiger partial charge in [-0.15, -0.1) is 11.3 Å². The number of rotatable bonds is 3. The number of anilines is 1. The third-order valence-corrected chi connectivity index (χ3v) is 8.80. The minimum Gasteiger partial charge on any atom is -0.398 e. The summed E-state index contributed by atoms with van der Waals surface area (Å²) in [6.45, 7) is 13.8. The Morgan fingerprint density at radius 1 is 0.600 bits per heavy atom. The van der Waals surface area contributed by atoms with Crippen LogP contribution in [0.3, 0.4) is 0 Å². The van der Waals surface area contributed by atoms with Gasteiger partial charge in [0.15, 0.2) is 0 Å². The van der Waals surface area contributed by atoms with E-state index in [-0.39, 0.29) is 10.8 Å². The summed E-state index contributed by atoms with van der Waals surface area (Å²) in [6.07, 6.45) is 0. The quantitative estimate of drug-likeness (QED) is 0.227. The minimum absolute atomic E-state index is 0.0427. The number of thiazole rings is 1. The Hall–Kier alpha value is -3.95. The molecule has 40 heavy (non-hydrogen) atoms. The molecule has 6 aromatic rings. The van der Waals surface area contributed by atoms with Crippen LogP contribution in [0, 0.1) is 0 Å². The van der Waals surface area contributed by atoms with E-state index < -0.39 is 0 Å². The van der Waals surface area contributed by atoms with Gasteiger partial charge in [-0.2, -0.15) is 0 Å². The highest BCUT2D eigenvalue weighted by Crippen LogP contribution is 2.43. The summed E-state index contributed by atoms with van der Waals surface area (Å²) in [4.78, 5) is 5.21. The number of benzene rings is 5. The molecule has 0 saturated carbocycles. The standard InChI is InChI=1S/C37H36N2S/c1-36(2,3)26-18-24(19-27(22-26)37(4,5)6)25-20-31(29-16-11-13-23-12-7-8-14-28(23)29)34-33(21-25)40-35(39-34)30-15-9-10-17-32(30)38/h7-22H,38H2,1-6H3. The second-order valence-electron chi connectivity index (χ2n) is 12.8. The summed E-state index contributed by atoms with van der Waals surface area (Å²) in [7, 11) is 0. The van der Waals surface area contributed by atoms with E-state index in [1.54, 1.807) is 11.3 Å². The molecule has 6 rings (SSSR count). The van der Waals surface area contributed by atoms with Crippen LogP contribution in [0.2, 0.25) is 0 Å². The van der Waals surface area contributed by atoms with Crippen LogP contribution in [0.4, 0.5) is 5.69 Å². The van der Waals surface area contributed by atoms with E-state index in [0.717, 1.165) is 32.0 Å². The highest BCUT2D eigenvalue weighted by atomic mass is 32.1. The Kier molecular flexibility index (Phi) is 6.31. The first-order valence-electron chi connectivity index (χ1n) is 13.9. The van der Waals surface area contributed by atoms with Crippen molar-refractivity contribution in [2.24, 2.45) is 0 Å². The zero-order valence-electron chi connectivity index (χ0n) is 24.2. The average molecular weight is 541 g/mol. The summed E-state index contributed by atoms with van der Waals surface area (Å²) in [5.74, 6) is 0. The summed E-state index contributed by atoms with van der Waals surface area (Å²) >= 11 is 1.72. The summed E-state index contributed by atoms with van der Waals surface area (Å²) < 4.78 is 1.16. The first-order chi connectivity index (χ1) is 19.0. The van der Waals surface area contributed by atoms with E-state index in [1.165, 1.54) is 38.6 Å². The van der Waals surface area contributed by atoms with E-state index >= 15 is 0 Å². The topological polar surface area (TPSA) is 38.9 Å². The molecule has 2 nitrogen and oxygen atoms in total. The maximum Gasteiger partial charge on any atom is 0.126 e. The zero-order chi connectivity index (χ0) is 28.2. The highest BCUT2D eigenvalue weighted by molar-refractivity contribution is 7.21. The summed E-state index contributed by atoms with van der Waals surface area (Å²) in [5, 5.41) is 3.41. The van der Waals surface area contributed by atoms with Crippen molar-refractivity contribution in [3.63, 3.8) is 0 Å². The van der Waals surface area contributed by atoms with Gasteiger partial charge in [0.05, 0.1) is 10.2 Å². The van der Waals surface area contributed by atoms with Crippen molar-refractivity contribution in [1.82, 2.24) is 4.98 Å². The van der Waals surface area contributed by atoms with Gasteiger partial charge in [0.25, 0.3) is 0 Å². The number of nitrogens with two attached hydrogens (primary N) is 1. The van der Waals surface area contributed by atoms with Gasteiger partial charge in [-0.05, 0) is 73.7 Å². The van der Waals surface area contributed by atoms with E-state index in [0.29, 0.717) is 0 Å². The van der Waals surface area contributed by atoms with Gasteiger partial charge < -0.3 is 5.73 Å². The predicted octanol–water partition coefficient (Wildman–Crippen LogP) is 10.6.